The lowest BCUT2D eigenvalue weighted by molar-refractivity contribution is -0.118. The lowest BCUT2D eigenvalue weighted by Gasteiger charge is -2.37. The van der Waals surface area contributed by atoms with Crippen molar-refractivity contribution >= 4 is 11.7 Å². The Kier molecular flexibility index (Phi) is 4.05. The molecule has 0 N–H and O–H groups in total. The third-order valence-electron chi connectivity index (χ3n) is 4.17. The van der Waals surface area contributed by atoms with Gasteiger partial charge in [0.05, 0.1) is 6.04 Å². The number of hydrogen-bond donors (Lipinski definition) is 0. The molecule has 0 fully saturated rings. The van der Waals surface area contributed by atoms with E-state index in [0.29, 0.717) is 18.5 Å². The van der Waals surface area contributed by atoms with Crippen LogP contribution in [0.25, 0.3) is 0 Å². The summed E-state index contributed by atoms with van der Waals surface area (Å²) in [6, 6.07) is 17.2. The standard InChI is InChI=1S/C19H19NO2/c1-14(21)13-18-17-10-6-5-7-15(17)11-12-20(18)19(22)16-8-3-2-4-9-16/h2-10,18H,11-13H2,1H3. The third kappa shape index (κ3) is 2.80. The summed E-state index contributed by atoms with van der Waals surface area (Å²) in [6.45, 7) is 2.24. The molecule has 1 aliphatic heterocycles. The first kappa shape index (κ1) is 14.5. The van der Waals surface area contributed by atoms with Crippen LogP contribution in [0.4, 0.5) is 0 Å². The van der Waals surface area contributed by atoms with Gasteiger partial charge in [0, 0.05) is 18.5 Å². The molecule has 0 saturated heterocycles. The Morgan fingerprint density at radius 3 is 2.45 bits per heavy atom. The predicted octanol–water partition coefficient (Wildman–Crippen LogP) is 3.41. The Morgan fingerprint density at radius 1 is 1.05 bits per heavy atom. The van der Waals surface area contributed by atoms with Gasteiger partial charge in [0.15, 0.2) is 0 Å². The molecular weight excluding hydrogens is 274 g/mol. The van der Waals surface area contributed by atoms with E-state index < -0.39 is 0 Å². The van der Waals surface area contributed by atoms with Crippen LogP contribution >= 0.6 is 0 Å². The van der Waals surface area contributed by atoms with Crippen molar-refractivity contribution in [3.05, 3.63) is 71.3 Å². The maximum Gasteiger partial charge on any atom is 0.254 e. The second-order valence-corrected chi connectivity index (χ2v) is 5.74. The molecular formula is C19H19NO2. The number of Topliss-reactive ketones (excluding diaryl/α,β-unsaturated/α-hetero) is 1. The van der Waals surface area contributed by atoms with Crippen LogP contribution in [-0.4, -0.2) is 23.1 Å². The number of amides is 1. The molecule has 3 heteroatoms. The van der Waals surface area contributed by atoms with Crippen LogP contribution in [0.5, 0.6) is 0 Å². The maximum absolute atomic E-state index is 12.8. The Bertz CT molecular complexity index is 694. The Morgan fingerprint density at radius 2 is 1.73 bits per heavy atom. The molecule has 2 aromatic carbocycles. The lowest BCUT2D eigenvalue weighted by atomic mass is 9.89. The summed E-state index contributed by atoms with van der Waals surface area (Å²) in [5.41, 5.74) is 3.02. The fraction of sp³-hybridized carbons (Fsp3) is 0.263. The molecule has 0 spiro atoms. The van der Waals surface area contributed by atoms with Crippen molar-refractivity contribution in [1.82, 2.24) is 4.90 Å². The Labute approximate surface area is 130 Å². The zero-order chi connectivity index (χ0) is 15.5. The number of fused-ring (bicyclic) bond motifs is 1. The first-order chi connectivity index (χ1) is 10.7. The van der Waals surface area contributed by atoms with Gasteiger partial charge in [0.1, 0.15) is 5.78 Å². The minimum atomic E-state index is -0.157. The van der Waals surface area contributed by atoms with E-state index in [2.05, 4.69) is 6.07 Å². The Balaban J connectivity index is 1.97. The van der Waals surface area contributed by atoms with Crippen molar-refractivity contribution in [1.29, 1.82) is 0 Å². The molecule has 0 aromatic heterocycles. The summed E-state index contributed by atoms with van der Waals surface area (Å²) in [4.78, 5) is 26.4. The van der Waals surface area contributed by atoms with Crippen molar-refractivity contribution in [2.75, 3.05) is 6.54 Å². The zero-order valence-corrected chi connectivity index (χ0v) is 12.7. The summed E-state index contributed by atoms with van der Waals surface area (Å²) in [6.07, 6.45) is 1.21. The van der Waals surface area contributed by atoms with Gasteiger partial charge in [-0.05, 0) is 36.6 Å². The smallest absolute Gasteiger partial charge is 0.254 e. The zero-order valence-electron chi connectivity index (χ0n) is 12.7. The topological polar surface area (TPSA) is 37.4 Å². The fourth-order valence-corrected chi connectivity index (χ4v) is 3.13. The SMILES string of the molecule is CC(=O)CC1c2ccccc2CCN1C(=O)c1ccccc1. The molecule has 3 rings (SSSR count). The van der Waals surface area contributed by atoms with Crippen molar-refractivity contribution in [2.45, 2.75) is 25.8 Å². The molecule has 1 heterocycles. The van der Waals surface area contributed by atoms with Crippen LogP contribution in [-0.2, 0) is 11.2 Å². The normalized spacial score (nSPS) is 17.0. The molecule has 1 unspecified atom stereocenters. The maximum atomic E-state index is 12.8. The quantitative estimate of drug-likeness (QED) is 0.869. The van der Waals surface area contributed by atoms with Crippen LogP contribution in [0.1, 0.15) is 40.9 Å². The van der Waals surface area contributed by atoms with Crippen LogP contribution in [0.15, 0.2) is 54.6 Å². The number of benzene rings is 2. The van der Waals surface area contributed by atoms with Crippen LogP contribution in [0.3, 0.4) is 0 Å². The monoisotopic (exact) mass is 293 g/mol. The number of nitrogens with zero attached hydrogens (tertiary/aromatic N) is 1. The number of carbonyl (C=O) groups is 2. The average Bonchev–Trinajstić information content (AvgIpc) is 2.55. The van der Waals surface area contributed by atoms with Crippen LogP contribution in [0.2, 0.25) is 0 Å². The summed E-state index contributed by atoms with van der Waals surface area (Å²) in [7, 11) is 0. The van der Waals surface area contributed by atoms with Gasteiger partial charge in [-0.15, -0.1) is 0 Å². The highest BCUT2D eigenvalue weighted by atomic mass is 16.2. The highest BCUT2D eigenvalue weighted by molar-refractivity contribution is 5.95. The summed E-state index contributed by atoms with van der Waals surface area (Å²) >= 11 is 0. The summed E-state index contributed by atoms with van der Waals surface area (Å²) < 4.78 is 0. The molecule has 3 nitrogen and oxygen atoms in total. The van der Waals surface area contributed by atoms with Crippen LogP contribution in [0, 0.1) is 0 Å². The van der Waals surface area contributed by atoms with Crippen molar-refractivity contribution in [2.24, 2.45) is 0 Å². The molecule has 0 bridgehead atoms. The van der Waals surface area contributed by atoms with Gasteiger partial charge in [-0.2, -0.15) is 0 Å². The minimum Gasteiger partial charge on any atom is -0.331 e. The fourth-order valence-electron chi connectivity index (χ4n) is 3.13. The van der Waals surface area contributed by atoms with E-state index in [-0.39, 0.29) is 17.7 Å². The van der Waals surface area contributed by atoms with Gasteiger partial charge in [0.25, 0.3) is 5.91 Å². The van der Waals surface area contributed by atoms with E-state index in [0.717, 1.165) is 12.0 Å². The number of carbonyl (C=O) groups excluding carboxylic acids is 2. The van der Waals surface area contributed by atoms with E-state index in [9.17, 15) is 9.59 Å². The Hall–Kier alpha value is -2.42. The van der Waals surface area contributed by atoms with E-state index >= 15 is 0 Å². The van der Waals surface area contributed by atoms with Gasteiger partial charge in [-0.3, -0.25) is 9.59 Å². The molecule has 0 radical (unpaired) electrons. The van der Waals surface area contributed by atoms with Crippen molar-refractivity contribution < 1.29 is 9.59 Å². The number of rotatable bonds is 3. The third-order valence-corrected chi connectivity index (χ3v) is 4.17. The predicted molar refractivity (Wildman–Crippen MR) is 85.7 cm³/mol. The van der Waals surface area contributed by atoms with E-state index in [4.69, 9.17) is 0 Å². The van der Waals surface area contributed by atoms with E-state index in [1.54, 1.807) is 6.92 Å². The van der Waals surface area contributed by atoms with E-state index in [1.165, 1.54) is 5.56 Å². The summed E-state index contributed by atoms with van der Waals surface area (Å²) in [5.74, 6) is 0.105. The second-order valence-electron chi connectivity index (χ2n) is 5.74. The largest absolute Gasteiger partial charge is 0.331 e. The van der Waals surface area contributed by atoms with Crippen molar-refractivity contribution in [3.63, 3.8) is 0 Å². The van der Waals surface area contributed by atoms with Gasteiger partial charge in [-0.25, -0.2) is 0 Å². The molecule has 112 valence electrons. The first-order valence-electron chi connectivity index (χ1n) is 7.60. The van der Waals surface area contributed by atoms with Gasteiger partial charge >= 0.3 is 0 Å². The highest BCUT2D eigenvalue weighted by Gasteiger charge is 2.31. The average molecular weight is 293 g/mol. The minimum absolute atomic E-state index is 0.00125. The second kappa shape index (κ2) is 6.14. The molecule has 22 heavy (non-hydrogen) atoms. The molecule has 0 saturated carbocycles. The number of ketones is 1. The molecule has 1 atom stereocenters. The van der Waals surface area contributed by atoms with Gasteiger partial charge in [0.2, 0.25) is 0 Å². The van der Waals surface area contributed by atoms with E-state index in [1.807, 2.05) is 53.4 Å². The highest BCUT2D eigenvalue weighted by Crippen LogP contribution is 2.33. The lowest BCUT2D eigenvalue weighted by Crippen LogP contribution is -2.40. The molecule has 2 aromatic rings. The molecule has 1 amide bonds. The van der Waals surface area contributed by atoms with Gasteiger partial charge in [-0.1, -0.05) is 42.5 Å². The van der Waals surface area contributed by atoms with Gasteiger partial charge < -0.3 is 4.90 Å². The molecule has 0 aliphatic carbocycles. The summed E-state index contributed by atoms with van der Waals surface area (Å²) in [5, 5.41) is 0. The van der Waals surface area contributed by atoms with Crippen LogP contribution < -0.4 is 0 Å². The molecule has 1 aliphatic rings. The number of hydrogen-bond acceptors (Lipinski definition) is 2. The first-order valence-corrected chi connectivity index (χ1v) is 7.60. The van der Waals surface area contributed by atoms with Crippen molar-refractivity contribution in [3.8, 4) is 0 Å².